The fraction of sp³-hybridized carbons (Fsp3) is 0.524. The van der Waals surface area contributed by atoms with Gasteiger partial charge in [0.2, 0.25) is 0 Å². The standard InChI is InChI=1S/C21H30N4O2S/c1-2-3-6-17-7-4-5-8-19(17)22-13-16-9-11-25(12-10-16)21(27)24-20-23-18(14-26)15-28-20/h4-5,7-8,15-16,22,26H,2-3,6,9-14H2,1H3,(H,23,24,27). The summed E-state index contributed by atoms with van der Waals surface area (Å²) in [5, 5.41) is 17.8. The number of rotatable bonds is 8. The first-order chi connectivity index (χ1) is 13.7. The van der Waals surface area contributed by atoms with E-state index in [1.807, 2.05) is 4.90 Å². The third-order valence-electron chi connectivity index (χ3n) is 5.23. The van der Waals surface area contributed by atoms with E-state index in [1.54, 1.807) is 5.38 Å². The van der Waals surface area contributed by atoms with Gasteiger partial charge in [-0.25, -0.2) is 9.78 Å². The highest BCUT2D eigenvalue weighted by atomic mass is 32.1. The van der Waals surface area contributed by atoms with Gasteiger partial charge in [0.15, 0.2) is 5.13 Å². The van der Waals surface area contributed by atoms with Gasteiger partial charge in [0, 0.05) is 30.7 Å². The molecule has 1 aliphatic rings. The molecule has 2 heterocycles. The molecule has 1 fully saturated rings. The zero-order valence-corrected chi connectivity index (χ0v) is 17.3. The van der Waals surface area contributed by atoms with Gasteiger partial charge in [0.05, 0.1) is 12.3 Å². The van der Waals surface area contributed by atoms with Crippen molar-refractivity contribution < 1.29 is 9.90 Å². The lowest BCUT2D eigenvalue weighted by Gasteiger charge is -2.32. The number of hydrogen-bond donors (Lipinski definition) is 3. The smallest absolute Gasteiger partial charge is 0.323 e. The Hall–Kier alpha value is -2.12. The molecule has 0 atom stereocenters. The zero-order chi connectivity index (χ0) is 19.8. The summed E-state index contributed by atoms with van der Waals surface area (Å²) in [6.45, 7) is 4.58. The van der Waals surface area contributed by atoms with Crippen LogP contribution in [0.5, 0.6) is 0 Å². The average molecular weight is 403 g/mol. The van der Waals surface area contributed by atoms with E-state index >= 15 is 0 Å². The van der Waals surface area contributed by atoms with Crippen molar-refractivity contribution in [3.8, 4) is 0 Å². The number of thiazole rings is 1. The van der Waals surface area contributed by atoms with Crippen LogP contribution in [-0.4, -0.2) is 40.7 Å². The molecule has 28 heavy (non-hydrogen) atoms. The van der Waals surface area contributed by atoms with E-state index in [0.717, 1.165) is 38.9 Å². The van der Waals surface area contributed by atoms with E-state index in [-0.39, 0.29) is 12.6 Å². The number of amides is 2. The first-order valence-electron chi connectivity index (χ1n) is 10.1. The van der Waals surface area contributed by atoms with E-state index in [0.29, 0.717) is 16.7 Å². The van der Waals surface area contributed by atoms with Crippen LogP contribution in [-0.2, 0) is 13.0 Å². The Morgan fingerprint density at radius 3 is 2.82 bits per heavy atom. The second-order valence-corrected chi connectivity index (χ2v) is 8.16. The Balaban J connectivity index is 1.43. The Bertz CT molecular complexity index is 756. The third kappa shape index (κ3) is 5.69. The van der Waals surface area contributed by atoms with Gasteiger partial charge in [-0.05, 0) is 43.2 Å². The summed E-state index contributed by atoms with van der Waals surface area (Å²) in [6.07, 6.45) is 5.53. The molecule has 1 saturated heterocycles. The molecule has 0 radical (unpaired) electrons. The highest BCUT2D eigenvalue weighted by Gasteiger charge is 2.23. The molecule has 0 saturated carbocycles. The fourth-order valence-corrected chi connectivity index (χ4v) is 4.17. The minimum absolute atomic E-state index is 0.102. The number of aliphatic hydroxyl groups is 1. The van der Waals surface area contributed by atoms with Gasteiger partial charge in [-0.15, -0.1) is 11.3 Å². The molecule has 2 amide bonds. The maximum atomic E-state index is 12.4. The minimum atomic E-state index is -0.105. The number of aliphatic hydroxyl groups excluding tert-OH is 1. The summed E-state index contributed by atoms with van der Waals surface area (Å²) < 4.78 is 0. The molecule has 1 aromatic carbocycles. The number of benzene rings is 1. The average Bonchev–Trinajstić information content (AvgIpc) is 3.19. The summed E-state index contributed by atoms with van der Waals surface area (Å²) in [5.74, 6) is 0.573. The lowest BCUT2D eigenvalue weighted by Crippen LogP contribution is -2.42. The number of hydrogen-bond acceptors (Lipinski definition) is 5. The number of aryl methyl sites for hydroxylation is 1. The van der Waals surface area contributed by atoms with Crippen LogP contribution < -0.4 is 10.6 Å². The predicted molar refractivity (Wildman–Crippen MR) is 115 cm³/mol. The second-order valence-electron chi connectivity index (χ2n) is 7.30. The number of piperidine rings is 1. The van der Waals surface area contributed by atoms with Crippen molar-refractivity contribution >= 4 is 28.2 Å². The van der Waals surface area contributed by atoms with E-state index in [4.69, 9.17) is 5.11 Å². The van der Waals surface area contributed by atoms with Gasteiger partial charge in [0.1, 0.15) is 0 Å². The van der Waals surface area contributed by atoms with Crippen molar-refractivity contribution in [1.82, 2.24) is 9.88 Å². The highest BCUT2D eigenvalue weighted by molar-refractivity contribution is 7.13. The number of nitrogens with one attached hydrogen (secondary N) is 2. The van der Waals surface area contributed by atoms with Gasteiger partial charge in [0.25, 0.3) is 0 Å². The molecule has 2 aromatic rings. The van der Waals surface area contributed by atoms with Gasteiger partial charge >= 0.3 is 6.03 Å². The molecule has 7 heteroatoms. The van der Waals surface area contributed by atoms with E-state index in [2.05, 4.69) is 46.8 Å². The monoisotopic (exact) mass is 402 g/mol. The Morgan fingerprint density at radius 1 is 1.32 bits per heavy atom. The van der Waals surface area contributed by atoms with Crippen LogP contribution in [0, 0.1) is 5.92 Å². The molecule has 152 valence electrons. The van der Waals surface area contributed by atoms with Gasteiger partial charge < -0.3 is 15.3 Å². The number of para-hydroxylation sites is 1. The topological polar surface area (TPSA) is 77.5 Å². The molecule has 3 rings (SSSR count). The SMILES string of the molecule is CCCCc1ccccc1NCC1CCN(C(=O)Nc2nc(CO)cs2)CC1. The number of urea groups is 1. The lowest BCUT2D eigenvalue weighted by molar-refractivity contribution is 0.185. The normalized spacial score (nSPS) is 14.9. The van der Waals surface area contributed by atoms with E-state index in [1.165, 1.54) is 35.4 Å². The van der Waals surface area contributed by atoms with Crippen LogP contribution in [0.2, 0.25) is 0 Å². The number of unbranched alkanes of at least 4 members (excludes halogenated alkanes) is 1. The summed E-state index contributed by atoms with van der Waals surface area (Å²) in [4.78, 5) is 18.4. The Kier molecular flexibility index (Phi) is 7.68. The molecule has 0 unspecified atom stereocenters. The van der Waals surface area contributed by atoms with Crippen LogP contribution in [0.3, 0.4) is 0 Å². The van der Waals surface area contributed by atoms with Crippen molar-refractivity contribution in [2.45, 2.75) is 45.6 Å². The number of nitrogens with zero attached hydrogens (tertiary/aromatic N) is 2. The fourth-order valence-electron chi connectivity index (χ4n) is 3.48. The maximum absolute atomic E-state index is 12.4. The molecule has 0 aliphatic carbocycles. The Labute approximate surface area is 171 Å². The first-order valence-corrected chi connectivity index (χ1v) is 11.0. The van der Waals surface area contributed by atoms with Crippen LogP contribution in [0.1, 0.15) is 43.9 Å². The largest absolute Gasteiger partial charge is 0.390 e. The molecule has 1 aliphatic heterocycles. The third-order valence-corrected chi connectivity index (χ3v) is 6.03. The molecule has 1 aromatic heterocycles. The van der Waals surface area contributed by atoms with Crippen molar-refractivity contribution in [2.24, 2.45) is 5.92 Å². The number of carbonyl (C=O) groups excluding carboxylic acids is 1. The molecule has 3 N–H and O–H groups in total. The summed E-state index contributed by atoms with van der Waals surface area (Å²) in [7, 11) is 0. The van der Waals surface area contributed by atoms with Crippen LogP contribution >= 0.6 is 11.3 Å². The van der Waals surface area contributed by atoms with Crippen molar-refractivity contribution in [1.29, 1.82) is 0 Å². The zero-order valence-electron chi connectivity index (χ0n) is 16.5. The predicted octanol–water partition coefficient (Wildman–Crippen LogP) is 4.33. The number of aromatic nitrogens is 1. The molecule has 6 nitrogen and oxygen atoms in total. The van der Waals surface area contributed by atoms with E-state index in [9.17, 15) is 4.79 Å². The van der Waals surface area contributed by atoms with Gasteiger partial charge in [-0.1, -0.05) is 31.5 Å². The van der Waals surface area contributed by atoms with Gasteiger partial charge in [-0.2, -0.15) is 0 Å². The van der Waals surface area contributed by atoms with Crippen molar-refractivity contribution in [2.75, 3.05) is 30.3 Å². The molecule has 0 spiro atoms. The van der Waals surface area contributed by atoms with Crippen molar-refractivity contribution in [3.63, 3.8) is 0 Å². The maximum Gasteiger partial charge on any atom is 0.323 e. The van der Waals surface area contributed by atoms with Gasteiger partial charge in [-0.3, -0.25) is 5.32 Å². The lowest BCUT2D eigenvalue weighted by atomic mass is 9.96. The molecule has 0 bridgehead atoms. The number of carbonyl (C=O) groups is 1. The van der Waals surface area contributed by atoms with Crippen LogP contribution in [0.25, 0.3) is 0 Å². The molecular formula is C21H30N4O2S. The summed E-state index contributed by atoms with van der Waals surface area (Å²) in [5.41, 5.74) is 3.23. The van der Waals surface area contributed by atoms with Crippen LogP contribution in [0.15, 0.2) is 29.6 Å². The first kappa shape index (κ1) is 20.6. The highest BCUT2D eigenvalue weighted by Crippen LogP contribution is 2.22. The summed E-state index contributed by atoms with van der Waals surface area (Å²) >= 11 is 1.34. The second kappa shape index (κ2) is 10.4. The number of anilines is 2. The quantitative estimate of drug-likeness (QED) is 0.614. The number of likely N-dealkylation sites (tertiary alicyclic amines) is 1. The molecular weight excluding hydrogens is 372 g/mol. The minimum Gasteiger partial charge on any atom is -0.390 e. The summed E-state index contributed by atoms with van der Waals surface area (Å²) in [6, 6.07) is 8.48. The van der Waals surface area contributed by atoms with Crippen LogP contribution in [0.4, 0.5) is 15.6 Å². The Morgan fingerprint density at radius 2 is 2.11 bits per heavy atom. The van der Waals surface area contributed by atoms with Crippen molar-refractivity contribution in [3.05, 3.63) is 40.9 Å². The van der Waals surface area contributed by atoms with E-state index < -0.39 is 0 Å².